The van der Waals surface area contributed by atoms with Crippen molar-refractivity contribution < 1.29 is 27.3 Å². The van der Waals surface area contributed by atoms with Crippen molar-refractivity contribution in [3.8, 4) is 0 Å². The zero-order valence-electron chi connectivity index (χ0n) is 14.0. The highest BCUT2D eigenvalue weighted by molar-refractivity contribution is 6.62. The standard InChI is InChI=1S/C15H20BF3N2O3/c1-13(2)14(3,4)24-16(23-13)11-5-10(7-20-8-11)6-12(22)21-9-15(17,18)19/h5,7-8H,6,9H2,1-4H3,(H,21,22). The summed E-state index contributed by atoms with van der Waals surface area (Å²) in [5.74, 6) is -0.722. The Morgan fingerprint density at radius 1 is 1.21 bits per heavy atom. The molecule has 1 amide bonds. The number of hydrogen-bond donors (Lipinski definition) is 1. The zero-order chi connectivity index (χ0) is 18.2. The minimum atomic E-state index is -4.43. The topological polar surface area (TPSA) is 60.5 Å². The van der Waals surface area contributed by atoms with Gasteiger partial charge in [0.2, 0.25) is 5.91 Å². The smallest absolute Gasteiger partial charge is 0.399 e. The number of nitrogens with one attached hydrogen (secondary N) is 1. The molecule has 0 radical (unpaired) electrons. The van der Waals surface area contributed by atoms with Crippen LogP contribution < -0.4 is 10.8 Å². The second-order valence-electron chi connectivity index (χ2n) is 6.78. The van der Waals surface area contributed by atoms with Crippen molar-refractivity contribution in [1.29, 1.82) is 0 Å². The van der Waals surface area contributed by atoms with Gasteiger partial charge >= 0.3 is 13.3 Å². The Labute approximate surface area is 139 Å². The molecule has 0 unspecified atom stereocenters. The third kappa shape index (κ3) is 4.48. The van der Waals surface area contributed by atoms with Crippen LogP contribution in [0, 0.1) is 0 Å². The molecule has 1 saturated heterocycles. The van der Waals surface area contributed by atoms with E-state index in [0.717, 1.165) is 0 Å². The number of pyridine rings is 1. The van der Waals surface area contributed by atoms with Gasteiger partial charge in [0.1, 0.15) is 6.54 Å². The lowest BCUT2D eigenvalue weighted by atomic mass is 9.79. The fourth-order valence-electron chi connectivity index (χ4n) is 2.16. The van der Waals surface area contributed by atoms with E-state index < -0.39 is 36.9 Å². The summed E-state index contributed by atoms with van der Waals surface area (Å²) >= 11 is 0. The number of hydrogen-bond acceptors (Lipinski definition) is 4. The molecule has 2 heterocycles. The highest BCUT2D eigenvalue weighted by Crippen LogP contribution is 2.36. The van der Waals surface area contributed by atoms with Crippen LogP contribution in [0.3, 0.4) is 0 Å². The number of aromatic nitrogens is 1. The molecule has 2 rings (SSSR count). The number of alkyl halides is 3. The van der Waals surface area contributed by atoms with E-state index in [1.165, 1.54) is 6.20 Å². The van der Waals surface area contributed by atoms with Crippen molar-refractivity contribution in [1.82, 2.24) is 10.3 Å². The van der Waals surface area contributed by atoms with Gasteiger partial charge in [-0.15, -0.1) is 0 Å². The van der Waals surface area contributed by atoms with Crippen molar-refractivity contribution in [2.24, 2.45) is 0 Å². The molecule has 1 aromatic heterocycles. The number of amides is 1. The minimum Gasteiger partial charge on any atom is -0.399 e. The van der Waals surface area contributed by atoms with E-state index in [0.29, 0.717) is 11.0 Å². The largest absolute Gasteiger partial charge is 0.496 e. The van der Waals surface area contributed by atoms with E-state index in [1.54, 1.807) is 12.3 Å². The molecule has 5 nitrogen and oxygen atoms in total. The number of carbonyl (C=O) groups excluding carboxylic acids is 1. The number of carbonyl (C=O) groups is 1. The molecule has 0 atom stereocenters. The fourth-order valence-corrected chi connectivity index (χ4v) is 2.16. The van der Waals surface area contributed by atoms with Gasteiger partial charge in [0.15, 0.2) is 0 Å². The summed E-state index contributed by atoms with van der Waals surface area (Å²) in [7, 11) is -0.638. The third-order valence-corrected chi connectivity index (χ3v) is 4.19. The van der Waals surface area contributed by atoms with Gasteiger partial charge in [0.25, 0.3) is 0 Å². The molecule has 0 saturated carbocycles. The van der Waals surface area contributed by atoms with Crippen molar-refractivity contribution in [2.45, 2.75) is 51.5 Å². The van der Waals surface area contributed by atoms with Crippen LogP contribution in [0.2, 0.25) is 0 Å². The maximum Gasteiger partial charge on any atom is 0.496 e. The molecule has 1 N–H and O–H groups in total. The molecule has 0 aromatic carbocycles. The number of nitrogens with zero attached hydrogens (tertiary/aromatic N) is 1. The lowest BCUT2D eigenvalue weighted by Crippen LogP contribution is -2.41. The maximum atomic E-state index is 12.1. The molecular weight excluding hydrogens is 324 g/mol. The van der Waals surface area contributed by atoms with E-state index in [9.17, 15) is 18.0 Å². The van der Waals surface area contributed by atoms with Crippen molar-refractivity contribution in [3.05, 3.63) is 24.0 Å². The SMILES string of the molecule is CC1(C)OB(c2cncc(CC(=O)NCC(F)(F)F)c2)OC1(C)C. The minimum absolute atomic E-state index is 0.198. The zero-order valence-corrected chi connectivity index (χ0v) is 14.0. The maximum absolute atomic E-state index is 12.1. The molecule has 9 heteroatoms. The lowest BCUT2D eigenvalue weighted by molar-refractivity contribution is -0.138. The van der Waals surface area contributed by atoms with Gasteiger partial charge in [-0.3, -0.25) is 9.78 Å². The summed E-state index contributed by atoms with van der Waals surface area (Å²) in [6.07, 6.45) is -1.64. The van der Waals surface area contributed by atoms with Crippen LogP contribution in [0.4, 0.5) is 13.2 Å². The van der Waals surface area contributed by atoms with Crippen LogP contribution in [-0.2, 0) is 20.5 Å². The first-order chi connectivity index (χ1) is 10.9. The summed E-state index contributed by atoms with van der Waals surface area (Å²) in [6.45, 7) is 6.30. The fraction of sp³-hybridized carbons (Fsp3) is 0.600. The van der Waals surface area contributed by atoms with Crippen LogP contribution in [-0.4, -0.2) is 41.9 Å². The molecule has 1 aliphatic rings. The van der Waals surface area contributed by atoms with Crippen molar-refractivity contribution >= 4 is 18.5 Å². The molecule has 0 spiro atoms. The molecule has 1 aliphatic heterocycles. The van der Waals surface area contributed by atoms with Crippen LogP contribution in [0.25, 0.3) is 0 Å². The molecule has 0 bridgehead atoms. The molecular formula is C15H20BF3N2O3. The van der Waals surface area contributed by atoms with Gasteiger partial charge in [-0.1, -0.05) is 6.07 Å². The monoisotopic (exact) mass is 344 g/mol. The van der Waals surface area contributed by atoms with Gasteiger partial charge in [0, 0.05) is 17.9 Å². The summed E-state index contributed by atoms with van der Waals surface area (Å²) in [5.41, 5.74) is 0.0758. The molecule has 24 heavy (non-hydrogen) atoms. The normalized spacial score (nSPS) is 19.4. The van der Waals surface area contributed by atoms with Gasteiger partial charge < -0.3 is 14.6 Å². The molecule has 132 valence electrons. The van der Waals surface area contributed by atoms with Crippen LogP contribution >= 0.6 is 0 Å². The Morgan fingerprint density at radius 2 is 1.79 bits per heavy atom. The first-order valence-corrected chi connectivity index (χ1v) is 7.52. The van der Waals surface area contributed by atoms with Crippen molar-refractivity contribution in [3.63, 3.8) is 0 Å². The number of halogens is 3. The Hall–Kier alpha value is -1.61. The highest BCUT2D eigenvalue weighted by atomic mass is 19.4. The predicted octanol–water partition coefficient (Wildman–Crippen LogP) is 1.60. The average Bonchev–Trinajstić information content (AvgIpc) is 2.65. The first kappa shape index (κ1) is 18.7. The molecule has 0 aliphatic carbocycles. The predicted molar refractivity (Wildman–Crippen MR) is 82.7 cm³/mol. The average molecular weight is 344 g/mol. The molecule has 1 aromatic rings. The lowest BCUT2D eigenvalue weighted by Gasteiger charge is -2.32. The van der Waals surface area contributed by atoms with Gasteiger partial charge in [-0.2, -0.15) is 13.2 Å². The van der Waals surface area contributed by atoms with Crippen LogP contribution in [0.1, 0.15) is 33.3 Å². The van der Waals surface area contributed by atoms with E-state index in [-0.39, 0.29) is 6.42 Å². The Balaban J connectivity index is 2.04. The van der Waals surface area contributed by atoms with E-state index in [1.807, 2.05) is 33.0 Å². The van der Waals surface area contributed by atoms with Gasteiger partial charge in [-0.25, -0.2) is 0 Å². The van der Waals surface area contributed by atoms with Gasteiger partial charge in [0.05, 0.1) is 17.6 Å². The second kappa shape index (κ2) is 6.36. The first-order valence-electron chi connectivity index (χ1n) is 7.52. The Kier molecular flexibility index (Phi) is 4.97. The second-order valence-corrected chi connectivity index (χ2v) is 6.78. The Morgan fingerprint density at radius 3 is 2.33 bits per heavy atom. The van der Waals surface area contributed by atoms with E-state index in [2.05, 4.69) is 4.98 Å². The Bertz CT molecular complexity index is 604. The molecule has 1 fully saturated rings. The van der Waals surface area contributed by atoms with Crippen LogP contribution in [0.5, 0.6) is 0 Å². The highest BCUT2D eigenvalue weighted by Gasteiger charge is 2.51. The third-order valence-electron chi connectivity index (χ3n) is 4.19. The van der Waals surface area contributed by atoms with E-state index in [4.69, 9.17) is 9.31 Å². The van der Waals surface area contributed by atoms with E-state index >= 15 is 0 Å². The quantitative estimate of drug-likeness (QED) is 0.843. The van der Waals surface area contributed by atoms with Gasteiger partial charge in [-0.05, 0) is 33.3 Å². The summed E-state index contributed by atoms with van der Waals surface area (Å²) < 4.78 is 48.1. The number of rotatable bonds is 4. The van der Waals surface area contributed by atoms with Crippen LogP contribution in [0.15, 0.2) is 18.5 Å². The summed E-state index contributed by atoms with van der Waals surface area (Å²) in [6, 6.07) is 1.66. The summed E-state index contributed by atoms with van der Waals surface area (Å²) in [4.78, 5) is 15.6. The van der Waals surface area contributed by atoms with Crippen molar-refractivity contribution in [2.75, 3.05) is 6.54 Å². The summed E-state index contributed by atoms with van der Waals surface area (Å²) in [5, 5.41) is 1.83.